The quantitative estimate of drug-likeness (QED) is 0.457. The maximum atomic E-state index is 13.4. The monoisotopic (exact) mass is 382 g/mol. The molecule has 0 fully saturated rings. The summed E-state index contributed by atoms with van der Waals surface area (Å²) >= 11 is 0. The van der Waals surface area contributed by atoms with Crippen LogP contribution in [0.15, 0.2) is 65.7 Å². The number of nitrogens with two attached hydrogens (primary N) is 1. The number of fused-ring (bicyclic) bond motifs is 1. The normalized spacial score (nSPS) is 11.7. The fraction of sp³-hybridized carbons (Fsp3) is 0.0909. The molecule has 0 aliphatic heterocycles. The Morgan fingerprint density at radius 2 is 1.83 bits per heavy atom. The molecular weight excluding hydrogens is 364 g/mol. The van der Waals surface area contributed by atoms with Gasteiger partial charge in [0.05, 0.1) is 18.3 Å². The van der Waals surface area contributed by atoms with Crippen molar-refractivity contribution in [1.29, 1.82) is 0 Å². The Morgan fingerprint density at radius 3 is 2.59 bits per heavy atom. The highest BCUT2D eigenvalue weighted by Gasteiger charge is 2.21. The molecule has 0 aliphatic carbocycles. The van der Waals surface area contributed by atoms with E-state index < -0.39 is 6.04 Å². The number of hydrogen-bond acceptors (Lipinski definition) is 5. The van der Waals surface area contributed by atoms with Crippen LogP contribution in [0.1, 0.15) is 18.5 Å². The third-order valence-corrected chi connectivity index (χ3v) is 4.76. The largest absolute Gasteiger partial charge is 0.392 e. The Balaban J connectivity index is 1.91. The molecule has 4 aromatic rings. The van der Waals surface area contributed by atoms with Crippen LogP contribution < -0.4 is 16.5 Å². The number of nitrogens with one attached hydrogen (secondary N) is 2. The van der Waals surface area contributed by atoms with Gasteiger partial charge in [0, 0.05) is 16.5 Å². The molecule has 0 radical (unpaired) electrons. The Kier molecular flexibility index (Phi) is 4.67. The minimum Gasteiger partial charge on any atom is -0.392 e. The second-order valence-electron chi connectivity index (χ2n) is 6.59. The molecule has 0 amide bonds. The van der Waals surface area contributed by atoms with Crippen molar-refractivity contribution in [3.05, 3.63) is 88.1 Å². The van der Waals surface area contributed by atoms with E-state index in [0.29, 0.717) is 16.8 Å². The highest BCUT2D eigenvalue weighted by atomic mass is 16.1. The van der Waals surface area contributed by atoms with Gasteiger partial charge in [0.25, 0.3) is 5.69 Å². The van der Waals surface area contributed by atoms with Crippen LogP contribution in [0.5, 0.6) is 0 Å². The lowest BCUT2D eigenvalue weighted by Crippen LogP contribution is -2.21. The molecule has 0 spiro atoms. The summed E-state index contributed by atoms with van der Waals surface area (Å²) in [6.45, 7) is 9.22. The van der Waals surface area contributed by atoms with Crippen molar-refractivity contribution < 1.29 is 0 Å². The minimum atomic E-state index is -0.437. The van der Waals surface area contributed by atoms with Gasteiger partial charge in [-0.3, -0.25) is 4.79 Å². The van der Waals surface area contributed by atoms with E-state index in [2.05, 4.69) is 25.1 Å². The number of nitrogen functional groups attached to an aromatic ring is 1. The zero-order valence-corrected chi connectivity index (χ0v) is 15.7. The van der Waals surface area contributed by atoms with Crippen molar-refractivity contribution in [2.45, 2.75) is 13.0 Å². The van der Waals surface area contributed by atoms with Gasteiger partial charge in [-0.05, 0) is 24.6 Å². The van der Waals surface area contributed by atoms with Gasteiger partial charge in [0.1, 0.15) is 18.0 Å². The Morgan fingerprint density at radius 1 is 1.10 bits per heavy atom. The van der Waals surface area contributed by atoms with Gasteiger partial charge in [0.2, 0.25) is 0 Å². The molecule has 1 unspecified atom stereocenters. The minimum absolute atomic E-state index is 0.0791. The first-order chi connectivity index (χ1) is 14.1. The highest BCUT2D eigenvalue weighted by Crippen LogP contribution is 2.32. The van der Waals surface area contributed by atoms with Crippen molar-refractivity contribution in [2.75, 3.05) is 11.1 Å². The second kappa shape index (κ2) is 7.44. The summed E-state index contributed by atoms with van der Waals surface area (Å²) in [5.41, 5.74) is 8.80. The number of aromatic amines is 1. The van der Waals surface area contributed by atoms with Gasteiger partial charge in [-0.15, -0.1) is 0 Å². The van der Waals surface area contributed by atoms with Gasteiger partial charge >= 0.3 is 0 Å². The first-order valence-corrected chi connectivity index (χ1v) is 9.05. The van der Waals surface area contributed by atoms with Gasteiger partial charge < -0.3 is 16.0 Å². The molecule has 1 atom stereocenters. The standard InChI is InChI=1S/C22H18N6O/c1-13(27-22-19(24-2)21(23)25-12-26-22)17-18(14-8-4-3-5-9-14)28-16-11-7-6-10-15(16)20(17)29/h3-13H,1H3,(H,28,29)(H3,23,25,26,27). The molecule has 7 heteroatoms. The third-order valence-electron chi connectivity index (χ3n) is 4.76. The molecule has 0 saturated carbocycles. The predicted octanol–water partition coefficient (Wildman–Crippen LogP) is 4.29. The lowest BCUT2D eigenvalue weighted by molar-refractivity contribution is 0.864. The van der Waals surface area contributed by atoms with Crippen LogP contribution in [0.3, 0.4) is 0 Å². The van der Waals surface area contributed by atoms with Gasteiger partial charge in [0.15, 0.2) is 5.43 Å². The van der Waals surface area contributed by atoms with Gasteiger partial charge in [-0.1, -0.05) is 42.5 Å². The zero-order chi connectivity index (χ0) is 20.4. The molecule has 0 aliphatic rings. The fourth-order valence-electron chi connectivity index (χ4n) is 3.38. The van der Waals surface area contributed by atoms with Crippen molar-refractivity contribution >= 4 is 28.2 Å². The van der Waals surface area contributed by atoms with E-state index in [1.54, 1.807) is 6.07 Å². The number of rotatable bonds is 4. The van der Waals surface area contributed by atoms with E-state index in [1.807, 2.05) is 55.5 Å². The third kappa shape index (κ3) is 3.28. The Hall–Kier alpha value is -4.18. The number of benzene rings is 2. The van der Waals surface area contributed by atoms with Crippen LogP contribution in [0.2, 0.25) is 0 Å². The Bertz CT molecular complexity index is 1290. The molecule has 2 aromatic carbocycles. The number of hydrogen-bond donors (Lipinski definition) is 3. The molecule has 2 heterocycles. The fourth-order valence-corrected chi connectivity index (χ4v) is 3.38. The molecule has 29 heavy (non-hydrogen) atoms. The number of H-pyrrole nitrogens is 1. The highest BCUT2D eigenvalue weighted by molar-refractivity contribution is 5.84. The molecule has 4 rings (SSSR count). The maximum absolute atomic E-state index is 13.4. The Labute approximate surface area is 167 Å². The summed E-state index contributed by atoms with van der Waals surface area (Å²) < 4.78 is 0. The number of para-hydroxylation sites is 1. The average Bonchev–Trinajstić information content (AvgIpc) is 2.74. The smallest absolute Gasteiger partial charge is 0.268 e. The molecule has 7 nitrogen and oxygen atoms in total. The first kappa shape index (κ1) is 18.2. The maximum Gasteiger partial charge on any atom is 0.268 e. The SMILES string of the molecule is [C-]#[N+]c1c(N)ncnc1NC(C)c1c(-c2ccccc2)[nH]c2ccccc2c1=O. The molecule has 0 saturated heterocycles. The van der Waals surface area contributed by atoms with Crippen molar-refractivity contribution in [3.8, 4) is 11.3 Å². The van der Waals surface area contributed by atoms with Gasteiger partial charge in [-0.25, -0.2) is 14.8 Å². The van der Waals surface area contributed by atoms with E-state index in [4.69, 9.17) is 12.3 Å². The number of anilines is 2. The molecular formula is C22H18N6O. The lowest BCUT2D eigenvalue weighted by Gasteiger charge is -2.20. The summed E-state index contributed by atoms with van der Waals surface area (Å²) in [5, 5.41) is 3.77. The second-order valence-corrected chi connectivity index (χ2v) is 6.59. The van der Waals surface area contributed by atoms with Crippen LogP contribution in [0.25, 0.3) is 27.0 Å². The predicted molar refractivity (Wildman–Crippen MR) is 115 cm³/mol. The number of aromatic nitrogens is 3. The van der Waals surface area contributed by atoms with Crippen LogP contribution in [0.4, 0.5) is 17.3 Å². The number of nitrogens with zero attached hydrogens (tertiary/aromatic N) is 3. The van der Waals surface area contributed by atoms with Crippen LogP contribution >= 0.6 is 0 Å². The molecule has 142 valence electrons. The lowest BCUT2D eigenvalue weighted by atomic mass is 9.98. The number of pyridine rings is 1. The summed E-state index contributed by atoms with van der Waals surface area (Å²) in [6.07, 6.45) is 1.29. The van der Waals surface area contributed by atoms with Crippen LogP contribution in [0, 0.1) is 6.57 Å². The first-order valence-electron chi connectivity index (χ1n) is 9.05. The van der Waals surface area contributed by atoms with E-state index in [9.17, 15) is 4.79 Å². The zero-order valence-electron chi connectivity index (χ0n) is 15.7. The molecule has 2 aromatic heterocycles. The topological polar surface area (TPSA) is 101 Å². The van der Waals surface area contributed by atoms with Crippen molar-refractivity contribution in [3.63, 3.8) is 0 Å². The molecule has 0 bridgehead atoms. The summed E-state index contributed by atoms with van der Waals surface area (Å²) in [4.78, 5) is 28.2. The average molecular weight is 382 g/mol. The van der Waals surface area contributed by atoms with Crippen molar-refractivity contribution in [2.24, 2.45) is 0 Å². The van der Waals surface area contributed by atoms with E-state index in [-0.39, 0.29) is 16.9 Å². The van der Waals surface area contributed by atoms with E-state index in [1.165, 1.54) is 6.33 Å². The summed E-state index contributed by atoms with van der Waals surface area (Å²) in [6, 6.07) is 16.6. The van der Waals surface area contributed by atoms with E-state index in [0.717, 1.165) is 16.8 Å². The summed E-state index contributed by atoms with van der Waals surface area (Å²) in [7, 11) is 0. The van der Waals surface area contributed by atoms with Crippen LogP contribution in [-0.2, 0) is 0 Å². The summed E-state index contributed by atoms with van der Waals surface area (Å²) in [5.74, 6) is 0.395. The molecule has 4 N–H and O–H groups in total. The van der Waals surface area contributed by atoms with Crippen LogP contribution in [-0.4, -0.2) is 15.0 Å². The van der Waals surface area contributed by atoms with E-state index >= 15 is 0 Å². The van der Waals surface area contributed by atoms with Crippen molar-refractivity contribution in [1.82, 2.24) is 15.0 Å². The van der Waals surface area contributed by atoms with Gasteiger partial charge in [-0.2, -0.15) is 0 Å².